The highest BCUT2D eigenvalue weighted by molar-refractivity contribution is 6.30. The summed E-state index contributed by atoms with van der Waals surface area (Å²) in [6, 6.07) is 7.65. The van der Waals surface area contributed by atoms with E-state index in [2.05, 4.69) is 10.6 Å². The summed E-state index contributed by atoms with van der Waals surface area (Å²) in [4.78, 5) is 23.7. The van der Waals surface area contributed by atoms with Gasteiger partial charge < -0.3 is 15.4 Å². The number of carbonyl (C=O) groups excluding carboxylic acids is 2. The number of hydrogen-bond acceptors (Lipinski definition) is 3. The lowest BCUT2D eigenvalue weighted by Crippen LogP contribution is -2.44. The van der Waals surface area contributed by atoms with Crippen LogP contribution in [0, 0.1) is 0 Å². The third-order valence-corrected chi connectivity index (χ3v) is 4.62. The average molecular weight is 353 g/mol. The van der Waals surface area contributed by atoms with Crippen LogP contribution >= 0.6 is 11.6 Å². The SMILES string of the molecule is COCCCNC(=O)CCC1(Cc2ccc(Cl)cc2)CCC(=O)N1. The quantitative estimate of drug-likeness (QED) is 0.671. The largest absolute Gasteiger partial charge is 0.385 e. The maximum absolute atomic E-state index is 12.0. The molecule has 1 aliphatic rings. The summed E-state index contributed by atoms with van der Waals surface area (Å²) in [7, 11) is 1.64. The molecule has 0 saturated carbocycles. The first-order chi connectivity index (χ1) is 11.5. The molecule has 1 heterocycles. The van der Waals surface area contributed by atoms with Crippen molar-refractivity contribution in [3.8, 4) is 0 Å². The zero-order chi connectivity index (χ0) is 17.4. The second kappa shape index (κ2) is 9.04. The second-order valence-corrected chi connectivity index (χ2v) is 6.76. The molecular weight excluding hydrogens is 328 g/mol. The van der Waals surface area contributed by atoms with Crippen LogP contribution in [-0.4, -0.2) is 37.6 Å². The van der Waals surface area contributed by atoms with Gasteiger partial charge in [-0.2, -0.15) is 0 Å². The number of hydrogen-bond donors (Lipinski definition) is 2. The van der Waals surface area contributed by atoms with E-state index in [1.54, 1.807) is 7.11 Å². The summed E-state index contributed by atoms with van der Waals surface area (Å²) in [6.45, 7) is 1.25. The van der Waals surface area contributed by atoms with E-state index in [-0.39, 0.29) is 17.4 Å². The van der Waals surface area contributed by atoms with Crippen LogP contribution in [0.25, 0.3) is 0 Å². The van der Waals surface area contributed by atoms with Crippen LogP contribution in [-0.2, 0) is 20.7 Å². The molecule has 1 aromatic carbocycles. The number of amides is 2. The van der Waals surface area contributed by atoms with Crippen molar-refractivity contribution in [2.45, 2.75) is 44.1 Å². The predicted molar refractivity (Wildman–Crippen MR) is 94.0 cm³/mol. The van der Waals surface area contributed by atoms with Crippen molar-refractivity contribution in [1.29, 1.82) is 0 Å². The molecule has 24 heavy (non-hydrogen) atoms. The number of carbonyl (C=O) groups is 2. The van der Waals surface area contributed by atoms with Crippen LogP contribution in [0.5, 0.6) is 0 Å². The van der Waals surface area contributed by atoms with E-state index < -0.39 is 0 Å². The van der Waals surface area contributed by atoms with Gasteiger partial charge in [0.05, 0.1) is 0 Å². The van der Waals surface area contributed by atoms with E-state index in [9.17, 15) is 9.59 Å². The lowest BCUT2D eigenvalue weighted by atomic mass is 9.85. The minimum Gasteiger partial charge on any atom is -0.385 e. The van der Waals surface area contributed by atoms with Gasteiger partial charge in [0.1, 0.15) is 0 Å². The summed E-state index contributed by atoms with van der Waals surface area (Å²) >= 11 is 5.93. The van der Waals surface area contributed by atoms with Crippen molar-refractivity contribution < 1.29 is 14.3 Å². The molecular formula is C18H25ClN2O3. The molecule has 1 atom stereocenters. The maximum Gasteiger partial charge on any atom is 0.220 e. The molecule has 2 N–H and O–H groups in total. The molecule has 2 amide bonds. The Morgan fingerprint density at radius 1 is 1.38 bits per heavy atom. The zero-order valence-corrected chi connectivity index (χ0v) is 14.8. The first-order valence-corrected chi connectivity index (χ1v) is 8.72. The molecule has 1 saturated heterocycles. The Morgan fingerprint density at radius 2 is 2.12 bits per heavy atom. The van der Waals surface area contributed by atoms with Crippen LogP contribution < -0.4 is 10.6 Å². The molecule has 0 aromatic heterocycles. The Hall–Kier alpha value is -1.59. The molecule has 132 valence electrons. The summed E-state index contributed by atoms with van der Waals surface area (Å²) in [5, 5.41) is 6.68. The Kier molecular flexibility index (Phi) is 7.06. The molecule has 5 nitrogen and oxygen atoms in total. The molecule has 0 radical (unpaired) electrons. The van der Waals surface area contributed by atoms with E-state index in [1.165, 1.54) is 0 Å². The predicted octanol–water partition coefficient (Wildman–Crippen LogP) is 2.46. The van der Waals surface area contributed by atoms with Crippen molar-refractivity contribution in [3.05, 3.63) is 34.9 Å². The van der Waals surface area contributed by atoms with Gasteiger partial charge in [-0.05, 0) is 43.4 Å². The lowest BCUT2D eigenvalue weighted by molar-refractivity contribution is -0.122. The molecule has 6 heteroatoms. The van der Waals surface area contributed by atoms with Gasteiger partial charge in [-0.1, -0.05) is 23.7 Å². The number of halogens is 1. The summed E-state index contributed by atoms with van der Waals surface area (Å²) in [6.07, 6.45) is 3.83. The van der Waals surface area contributed by atoms with Crippen molar-refractivity contribution in [1.82, 2.24) is 10.6 Å². The Bertz CT molecular complexity index is 562. The number of ether oxygens (including phenoxy) is 1. The molecule has 0 bridgehead atoms. The van der Waals surface area contributed by atoms with Gasteiger partial charge in [-0.3, -0.25) is 9.59 Å². The zero-order valence-electron chi connectivity index (χ0n) is 14.1. The van der Waals surface area contributed by atoms with Gasteiger partial charge in [-0.15, -0.1) is 0 Å². The Balaban J connectivity index is 1.89. The Labute approximate surface area is 148 Å². The van der Waals surface area contributed by atoms with Gasteiger partial charge >= 0.3 is 0 Å². The van der Waals surface area contributed by atoms with Gasteiger partial charge in [0.2, 0.25) is 11.8 Å². The number of nitrogens with one attached hydrogen (secondary N) is 2. The molecule has 1 aromatic rings. The van der Waals surface area contributed by atoms with E-state index >= 15 is 0 Å². The van der Waals surface area contributed by atoms with Gasteiger partial charge in [0, 0.05) is 43.7 Å². The first kappa shape index (κ1) is 18.7. The fraction of sp³-hybridized carbons (Fsp3) is 0.556. The minimum absolute atomic E-state index is 0.0164. The molecule has 1 fully saturated rings. The molecule has 1 aliphatic heterocycles. The van der Waals surface area contributed by atoms with E-state index in [4.69, 9.17) is 16.3 Å². The minimum atomic E-state index is -0.339. The van der Waals surface area contributed by atoms with Crippen molar-refractivity contribution in [2.24, 2.45) is 0 Å². The molecule has 0 spiro atoms. The topological polar surface area (TPSA) is 67.4 Å². The molecule has 2 rings (SSSR count). The van der Waals surface area contributed by atoms with Crippen LogP contribution in [0.1, 0.15) is 37.7 Å². The van der Waals surface area contributed by atoms with E-state index in [0.29, 0.717) is 43.9 Å². The van der Waals surface area contributed by atoms with Gasteiger partial charge in [0.25, 0.3) is 0 Å². The standard InChI is InChI=1S/C18H25ClN2O3/c1-24-12-2-11-20-16(22)7-9-18(10-8-17(23)21-18)13-14-3-5-15(19)6-4-14/h3-6H,2,7-13H2,1H3,(H,20,22)(H,21,23). The average Bonchev–Trinajstić information content (AvgIpc) is 2.93. The summed E-state index contributed by atoms with van der Waals surface area (Å²) < 4.78 is 4.96. The van der Waals surface area contributed by atoms with Crippen molar-refractivity contribution >= 4 is 23.4 Å². The second-order valence-electron chi connectivity index (χ2n) is 6.33. The third kappa shape index (κ3) is 5.80. The van der Waals surface area contributed by atoms with E-state index in [0.717, 1.165) is 18.4 Å². The summed E-state index contributed by atoms with van der Waals surface area (Å²) in [5.74, 6) is 0.0761. The maximum atomic E-state index is 12.0. The smallest absolute Gasteiger partial charge is 0.220 e. The van der Waals surface area contributed by atoms with Gasteiger partial charge in [-0.25, -0.2) is 0 Å². The van der Waals surface area contributed by atoms with E-state index in [1.807, 2.05) is 24.3 Å². The Morgan fingerprint density at radius 3 is 2.75 bits per heavy atom. The monoisotopic (exact) mass is 352 g/mol. The number of benzene rings is 1. The number of methoxy groups -OCH3 is 1. The highest BCUT2D eigenvalue weighted by Gasteiger charge is 2.37. The fourth-order valence-electron chi connectivity index (χ4n) is 3.06. The molecule has 0 aliphatic carbocycles. The number of rotatable bonds is 9. The normalized spacial score (nSPS) is 20.0. The van der Waals surface area contributed by atoms with Crippen molar-refractivity contribution in [3.63, 3.8) is 0 Å². The molecule has 1 unspecified atom stereocenters. The van der Waals surface area contributed by atoms with Crippen LogP contribution in [0.3, 0.4) is 0 Å². The fourth-order valence-corrected chi connectivity index (χ4v) is 3.19. The van der Waals surface area contributed by atoms with Crippen LogP contribution in [0.4, 0.5) is 0 Å². The van der Waals surface area contributed by atoms with Crippen LogP contribution in [0.2, 0.25) is 5.02 Å². The van der Waals surface area contributed by atoms with Crippen molar-refractivity contribution in [2.75, 3.05) is 20.3 Å². The third-order valence-electron chi connectivity index (χ3n) is 4.37. The highest BCUT2D eigenvalue weighted by atomic mass is 35.5. The first-order valence-electron chi connectivity index (χ1n) is 8.34. The highest BCUT2D eigenvalue weighted by Crippen LogP contribution is 2.29. The summed E-state index contributed by atoms with van der Waals surface area (Å²) in [5.41, 5.74) is 0.775. The van der Waals surface area contributed by atoms with Crippen LogP contribution in [0.15, 0.2) is 24.3 Å². The lowest BCUT2D eigenvalue weighted by Gasteiger charge is -2.29. The van der Waals surface area contributed by atoms with Gasteiger partial charge in [0.15, 0.2) is 0 Å².